The highest BCUT2D eigenvalue weighted by atomic mass is 16.6. The molecule has 6 nitrogen and oxygen atoms in total. The molecule has 1 aliphatic heterocycles. The standard InChI is InChI=1S/C15H13N3O3/c19-14(13-6-1-2-7-16-13)17-11-4-3-5-12(10-11)18-8-9-21-15(18)20/h1-7,10H,8-9H2,(H,17,19). The summed E-state index contributed by atoms with van der Waals surface area (Å²) >= 11 is 0. The number of ether oxygens (including phenoxy) is 1. The molecule has 0 saturated carbocycles. The van der Waals surface area contributed by atoms with Crippen LogP contribution < -0.4 is 10.2 Å². The van der Waals surface area contributed by atoms with Gasteiger partial charge in [-0.25, -0.2) is 4.79 Å². The van der Waals surface area contributed by atoms with Crippen molar-refractivity contribution in [3.05, 3.63) is 54.4 Å². The lowest BCUT2D eigenvalue weighted by Crippen LogP contribution is -2.23. The fourth-order valence-corrected chi connectivity index (χ4v) is 2.07. The molecular weight excluding hydrogens is 270 g/mol. The van der Waals surface area contributed by atoms with Crippen molar-refractivity contribution < 1.29 is 14.3 Å². The zero-order valence-electron chi connectivity index (χ0n) is 11.2. The van der Waals surface area contributed by atoms with Crippen molar-refractivity contribution in [1.29, 1.82) is 0 Å². The van der Waals surface area contributed by atoms with Gasteiger partial charge < -0.3 is 10.1 Å². The van der Waals surface area contributed by atoms with E-state index in [1.165, 1.54) is 4.90 Å². The van der Waals surface area contributed by atoms with Gasteiger partial charge in [-0.15, -0.1) is 0 Å². The summed E-state index contributed by atoms with van der Waals surface area (Å²) in [5, 5.41) is 2.76. The summed E-state index contributed by atoms with van der Waals surface area (Å²) in [7, 11) is 0. The van der Waals surface area contributed by atoms with Crippen LogP contribution in [0.1, 0.15) is 10.5 Å². The molecular formula is C15H13N3O3. The number of aromatic nitrogens is 1. The van der Waals surface area contributed by atoms with Gasteiger partial charge >= 0.3 is 6.09 Å². The minimum atomic E-state index is -0.372. The van der Waals surface area contributed by atoms with Crippen molar-refractivity contribution in [3.8, 4) is 0 Å². The Morgan fingerprint density at radius 1 is 1.24 bits per heavy atom. The maximum Gasteiger partial charge on any atom is 0.414 e. The third-order valence-electron chi connectivity index (χ3n) is 3.07. The number of rotatable bonds is 3. The van der Waals surface area contributed by atoms with Crippen molar-refractivity contribution in [3.63, 3.8) is 0 Å². The molecule has 1 aliphatic rings. The highest BCUT2D eigenvalue weighted by molar-refractivity contribution is 6.03. The average molecular weight is 283 g/mol. The first kappa shape index (κ1) is 13.1. The van der Waals surface area contributed by atoms with Crippen LogP contribution in [0, 0.1) is 0 Å². The van der Waals surface area contributed by atoms with E-state index in [1.807, 2.05) is 0 Å². The quantitative estimate of drug-likeness (QED) is 0.938. The summed E-state index contributed by atoms with van der Waals surface area (Å²) in [5.74, 6) is -0.295. The van der Waals surface area contributed by atoms with E-state index < -0.39 is 0 Å². The Labute approximate surface area is 121 Å². The summed E-state index contributed by atoms with van der Waals surface area (Å²) in [6, 6.07) is 12.2. The molecule has 0 atom stereocenters. The second kappa shape index (κ2) is 5.62. The summed E-state index contributed by atoms with van der Waals surface area (Å²) in [6.07, 6.45) is 1.19. The van der Waals surface area contributed by atoms with E-state index in [2.05, 4.69) is 10.3 Å². The molecule has 21 heavy (non-hydrogen) atoms. The first-order valence-corrected chi connectivity index (χ1v) is 6.51. The van der Waals surface area contributed by atoms with E-state index in [9.17, 15) is 9.59 Å². The van der Waals surface area contributed by atoms with E-state index >= 15 is 0 Å². The number of amides is 2. The number of anilines is 2. The van der Waals surface area contributed by atoms with Crippen LogP contribution in [0.4, 0.5) is 16.2 Å². The van der Waals surface area contributed by atoms with Gasteiger partial charge in [-0.3, -0.25) is 14.7 Å². The van der Waals surface area contributed by atoms with E-state index in [0.29, 0.717) is 30.2 Å². The third-order valence-corrected chi connectivity index (χ3v) is 3.07. The van der Waals surface area contributed by atoms with Crippen molar-refractivity contribution >= 4 is 23.4 Å². The Morgan fingerprint density at radius 3 is 2.86 bits per heavy atom. The van der Waals surface area contributed by atoms with Crippen LogP contribution in [0.2, 0.25) is 0 Å². The van der Waals surface area contributed by atoms with Gasteiger partial charge in [0, 0.05) is 17.6 Å². The van der Waals surface area contributed by atoms with Gasteiger partial charge in [0.15, 0.2) is 0 Å². The van der Waals surface area contributed by atoms with Crippen LogP contribution in [0.5, 0.6) is 0 Å². The largest absolute Gasteiger partial charge is 0.447 e. The zero-order chi connectivity index (χ0) is 14.7. The van der Waals surface area contributed by atoms with Crippen LogP contribution >= 0.6 is 0 Å². The molecule has 0 bridgehead atoms. The molecule has 0 aliphatic carbocycles. The minimum Gasteiger partial charge on any atom is -0.447 e. The molecule has 1 N–H and O–H groups in total. The van der Waals surface area contributed by atoms with Crippen LogP contribution in [0.25, 0.3) is 0 Å². The lowest BCUT2D eigenvalue weighted by Gasteiger charge is -2.14. The van der Waals surface area contributed by atoms with Crippen LogP contribution in [0.3, 0.4) is 0 Å². The number of nitrogens with one attached hydrogen (secondary N) is 1. The molecule has 2 amide bonds. The SMILES string of the molecule is O=C(Nc1cccc(N2CCOC2=O)c1)c1ccccn1. The van der Waals surface area contributed by atoms with Gasteiger partial charge in [0.25, 0.3) is 5.91 Å². The topological polar surface area (TPSA) is 71.5 Å². The monoisotopic (exact) mass is 283 g/mol. The molecule has 0 radical (unpaired) electrons. The third kappa shape index (κ3) is 2.84. The molecule has 1 aromatic heterocycles. The predicted molar refractivity (Wildman–Crippen MR) is 77.3 cm³/mol. The van der Waals surface area contributed by atoms with Crippen molar-refractivity contribution in [2.24, 2.45) is 0 Å². The fraction of sp³-hybridized carbons (Fsp3) is 0.133. The first-order chi connectivity index (χ1) is 10.2. The second-order valence-corrected chi connectivity index (χ2v) is 4.49. The van der Waals surface area contributed by atoms with E-state index in [0.717, 1.165) is 0 Å². The summed E-state index contributed by atoms with van der Waals surface area (Å²) in [4.78, 5) is 29.1. The number of nitrogens with zero attached hydrogens (tertiary/aromatic N) is 2. The lowest BCUT2D eigenvalue weighted by molar-refractivity contribution is 0.102. The Bertz CT molecular complexity index is 673. The highest BCUT2D eigenvalue weighted by Crippen LogP contribution is 2.22. The van der Waals surface area contributed by atoms with Gasteiger partial charge in [0.1, 0.15) is 12.3 Å². The number of pyridine rings is 1. The maximum atomic E-state index is 12.0. The van der Waals surface area contributed by atoms with Gasteiger partial charge in [-0.2, -0.15) is 0 Å². The molecule has 3 rings (SSSR count). The van der Waals surface area contributed by atoms with Gasteiger partial charge in [0.05, 0.1) is 6.54 Å². The maximum absolute atomic E-state index is 12.0. The number of carbonyl (C=O) groups is 2. The number of cyclic esters (lactones) is 1. The smallest absolute Gasteiger partial charge is 0.414 e. The molecule has 1 fully saturated rings. The highest BCUT2D eigenvalue weighted by Gasteiger charge is 2.23. The first-order valence-electron chi connectivity index (χ1n) is 6.51. The number of benzene rings is 1. The molecule has 2 aromatic rings. The average Bonchev–Trinajstić information content (AvgIpc) is 2.94. The van der Waals surface area contributed by atoms with Gasteiger partial charge in [0.2, 0.25) is 0 Å². The Hall–Kier alpha value is -2.89. The van der Waals surface area contributed by atoms with Crippen molar-refractivity contribution in [2.45, 2.75) is 0 Å². The Kier molecular flexibility index (Phi) is 3.51. The number of hydrogen-bond acceptors (Lipinski definition) is 4. The van der Waals surface area contributed by atoms with Crippen molar-refractivity contribution in [1.82, 2.24) is 4.98 Å². The zero-order valence-corrected chi connectivity index (χ0v) is 11.2. The summed E-state index contributed by atoms with van der Waals surface area (Å²) in [6.45, 7) is 0.889. The number of hydrogen-bond donors (Lipinski definition) is 1. The second-order valence-electron chi connectivity index (χ2n) is 4.49. The van der Waals surface area contributed by atoms with Crippen LogP contribution in [-0.2, 0) is 4.74 Å². The normalized spacial score (nSPS) is 13.9. The molecule has 1 saturated heterocycles. The van der Waals surface area contributed by atoms with E-state index in [4.69, 9.17) is 4.74 Å². The Morgan fingerprint density at radius 2 is 2.14 bits per heavy atom. The molecule has 2 heterocycles. The Balaban J connectivity index is 1.77. The molecule has 0 unspecified atom stereocenters. The lowest BCUT2D eigenvalue weighted by atomic mass is 10.2. The molecule has 106 valence electrons. The molecule has 1 aromatic carbocycles. The van der Waals surface area contributed by atoms with E-state index in [-0.39, 0.29) is 12.0 Å². The van der Waals surface area contributed by atoms with Gasteiger partial charge in [-0.1, -0.05) is 12.1 Å². The van der Waals surface area contributed by atoms with Crippen LogP contribution in [-0.4, -0.2) is 30.1 Å². The predicted octanol–water partition coefficient (Wildman–Crippen LogP) is 2.29. The fourth-order valence-electron chi connectivity index (χ4n) is 2.07. The molecule has 6 heteroatoms. The van der Waals surface area contributed by atoms with Crippen LogP contribution in [0.15, 0.2) is 48.7 Å². The number of carbonyl (C=O) groups excluding carboxylic acids is 2. The minimum absolute atomic E-state index is 0.295. The van der Waals surface area contributed by atoms with Gasteiger partial charge in [-0.05, 0) is 30.3 Å². The van der Waals surface area contributed by atoms with E-state index in [1.54, 1.807) is 48.7 Å². The summed E-state index contributed by atoms with van der Waals surface area (Å²) < 4.78 is 4.90. The molecule has 0 spiro atoms. The van der Waals surface area contributed by atoms with Crippen molar-refractivity contribution in [2.75, 3.05) is 23.4 Å². The summed E-state index contributed by atoms with van der Waals surface area (Å²) in [5.41, 5.74) is 1.63.